The number of anilines is 1. The molecule has 3 aromatic rings. The van der Waals surface area contributed by atoms with Gasteiger partial charge in [-0.15, -0.1) is 0 Å². The zero-order valence-electron chi connectivity index (χ0n) is 17.2. The standard InChI is InChI=1S/C23H25F2N5/c1-15(2)22-27-13-20-23(28-21-19(30(20)22)4-3-9-26-21)7-10-29(11-8-23)14-16-5-6-17(24)12-18(16)25/h3-6,9,12-13,15H,7-8,10-11,14H2,1-2H3,(H,26,28). The number of benzene rings is 1. The molecular formula is C23H25F2N5. The third-order valence-corrected chi connectivity index (χ3v) is 6.30. The minimum atomic E-state index is -0.541. The fraction of sp³-hybridized carbons (Fsp3) is 0.391. The number of halogens is 2. The third-order valence-electron chi connectivity index (χ3n) is 6.30. The highest BCUT2D eigenvalue weighted by atomic mass is 19.1. The van der Waals surface area contributed by atoms with Crippen LogP contribution in [0.3, 0.4) is 0 Å². The Labute approximate surface area is 174 Å². The lowest BCUT2D eigenvalue weighted by molar-refractivity contribution is 0.160. The maximum Gasteiger partial charge on any atom is 0.151 e. The zero-order chi connectivity index (χ0) is 20.9. The molecule has 0 unspecified atom stereocenters. The molecular weight excluding hydrogens is 384 g/mol. The van der Waals surface area contributed by atoms with Crippen molar-refractivity contribution in [3.63, 3.8) is 0 Å². The molecule has 2 aromatic heterocycles. The van der Waals surface area contributed by atoms with Gasteiger partial charge in [-0.1, -0.05) is 19.9 Å². The summed E-state index contributed by atoms with van der Waals surface area (Å²) in [7, 11) is 0. The van der Waals surface area contributed by atoms with Gasteiger partial charge in [-0.05, 0) is 31.0 Å². The van der Waals surface area contributed by atoms with Crippen molar-refractivity contribution in [3.05, 3.63) is 71.4 Å². The predicted octanol–water partition coefficient (Wildman–Crippen LogP) is 4.59. The van der Waals surface area contributed by atoms with Crippen LogP contribution in [0.5, 0.6) is 0 Å². The predicted molar refractivity (Wildman–Crippen MR) is 112 cm³/mol. The van der Waals surface area contributed by atoms with Gasteiger partial charge in [0.2, 0.25) is 0 Å². The van der Waals surface area contributed by atoms with Gasteiger partial charge in [0.15, 0.2) is 5.82 Å². The molecule has 2 aliphatic heterocycles. The Hall–Kier alpha value is -2.80. The molecule has 5 rings (SSSR count). The number of fused-ring (bicyclic) bond motifs is 4. The second kappa shape index (κ2) is 7.16. The van der Waals surface area contributed by atoms with E-state index in [1.54, 1.807) is 0 Å². The van der Waals surface area contributed by atoms with Gasteiger partial charge in [-0.2, -0.15) is 0 Å². The van der Waals surface area contributed by atoms with E-state index in [1.807, 2.05) is 18.5 Å². The summed E-state index contributed by atoms with van der Waals surface area (Å²) in [5, 5.41) is 3.70. The Bertz CT molecular complexity index is 1080. The van der Waals surface area contributed by atoms with E-state index in [1.165, 1.54) is 17.8 Å². The molecule has 1 N–H and O–H groups in total. The lowest BCUT2D eigenvalue weighted by Gasteiger charge is -2.45. The van der Waals surface area contributed by atoms with E-state index in [2.05, 4.69) is 39.7 Å². The van der Waals surface area contributed by atoms with E-state index in [4.69, 9.17) is 4.98 Å². The van der Waals surface area contributed by atoms with Gasteiger partial charge in [0, 0.05) is 43.4 Å². The van der Waals surface area contributed by atoms with Gasteiger partial charge in [-0.25, -0.2) is 18.7 Å². The molecule has 2 aliphatic rings. The van der Waals surface area contributed by atoms with E-state index in [9.17, 15) is 8.78 Å². The fourth-order valence-electron chi connectivity index (χ4n) is 4.69. The highest BCUT2D eigenvalue weighted by molar-refractivity contribution is 5.63. The van der Waals surface area contributed by atoms with E-state index < -0.39 is 11.6 Å². The SMILES string of the molecule is CC(C)c1ncc2n1-c1cccnc1NC21CCN(Cc2ccc(F)cc2F)CC1. The maximum atomic E-state index is 14.1. The summed E-state index contributed by atoms with van der Waals surface area (Å²) in [5.74, 6) is 1.19. The highest BCUT2D eigenvalue weighted by Crippen LogP contribution is 2.44. The molecule has 7 heteroatoms. The van der Waals surface area contributed by atoms with Crippen molar-refractivity contribution in [1.29, 1.82) is 0 Å². The second-order valence-electron chi connectivity index (χ2n) is 8.58. The Morgan fingerprint density at radius 3 is 2.67 bits per heavy atom. The molecule has 1 saturated heterocycles. The molecule has 1 aromatic carbocycles. The normalized spacial score (nSPS) is 17.6. The van der Waals surface area contributed by atoms with Crippen LogP contribution in [0.2, 0.25) is 0 Å². The zero-order valence-corrected chi connectivity index (χ0v) is 17.2. The Morgan fingerprint density at radius 1 is 1.13 bits per heavy atom. The Balaban J connectivity index is 1.43. The van der Waals surface area contributed by atoms with Gasteiger partial charge >= 0.3 is 0 Å². The summed E-state index contributed by atoms with van der Waals surface area (Å²) in [5.41, 5.74) is 2.48. The van der Waals surface area contributed by atoms with Crippen LogP contribution in [0.15, 0.2) is 42.7 Å². The van der Waals surface area contributed by atoms with E-state index in [-0.39, 0.29) is 5.54 Å². The number of likely N-dealkylation sites (tertiary alicyclic amines) is 1. The van der Waals surface area contributed by atoms with Crippen LogP contribution < -0.4 is 5.32 Å². The topological polar surface area (TPSA) is 46.0 Å². The number of nitrogens with one attached hydrogen (secondary N) is 1. The van der Waals surface area contributed by atoms with Crippen LogP contribution in [-0.2, 0) is 12.1 Å². The molecule has 0 radical (unpaired) electrons. The summed E-state index contributed by atoms with van der Waals surface area (Å²) in [4.78, 5) is 11.6. The Kier molecular flexibility index (Phi) is 4.58. The number of aromatic nitrogens is 3. The lowest BCUT2D eigenvalue weighted by atomic mass is 9.83. The number of nitrogens with zero attached hydrogens (tertiary/aromatic N) is 4. The summed E-state index contributed by atoms with van der Waals surface area (Å²) in [6.07, 6.45) is 5.51. The fourth-order valence-corrected chi connectivity index (χ4v) is 4.69. The van der Waals surface area contributed by atoms with Crippen molar-refractivity contribution in [2.75, 3.05) is 18.4 Å². The summed E-state index contributed by atoms with van der Waals surface area (Å²) in [6.45, 7) is 6.39. The van der Waals surface area contributed by atoms with E-state index in [0.29, 0.717) is 18.0 Å². The van der Waals surface area contributed by atoms with Crippen LogP contribution in [0.1, 0.15) is 49.7 Å². The second-order valence-corrected chi connectivity index (χ2v) is 8.58. The van der Waals surface area contributed by atoms with Crippen LogP contribution in [0.4, 0.5) is 14.6 Å². The molecule has 5 nitrogen and oxygen atoms in total. The van der Waals surface area contributed by atoms with Crippen LogP contribution in [0.25, 0.3) is 5.69 Å². The summed E-state index contributed by atoms with van der Waals surface area (Å²) >= 11 is 0. The van der Waals surface area contributed by atoms with E-state index >= 15 is 0 Å². The number of rotatable bonds is 3. The van der Waals surface area contributed by atoms with Crippen molar-refractivity contribution in [1.82, 2.24) is 19.4 Å². The minimum absolute atomic E-state index is 0.251. The number of pyridine rings is 1. The van der Waals surface area contributed by atoms with E-state index in [0.717, 1.165) is 49.3 Å². The summed E-state index contributed by atoms with van der Waals surface area (Å²) < 4.78 is 29.6. The van der Waals surface area contributed by atoms with Crippen LogP contribution in [-0.4, -0.2) is 32.5 Å². The molecule has 1 fully saturated rings. The number of hydrogen-bond acceptors (Lipinski definition) is 4. The monoisotopic (exact) mass is 409 g/mol. The van der Waals surface area contributed by atoms with Gasteiger partial charge in [-0.3, -0.25) is 9.47 Å². The number of piperidine rings is 1. The molecule has 1 spiro atoms. The van der Waals surface area contributed by atoms with Crippen LogP contribution in [0, 0.1) is 11.6 Å². The van der Waals surface area contributed by atoms with Crippen molar-refractivity contribution in [2.45, 2.75) is 44.7 Å². The smallest absolute Gasteiger partial charge is 0.151 e. The average molecular weight is 409 g/mol. The molecule has 0 bridgehead atoms. The lowest BCUT2D eigenvalue weighted by Crippen LogP contribution is -2.49. The van der Waals surface area contributed by atoms with Crippen molar-refractivity contribution in [3.8, 4) is 5.69 Å². The molecule has 156 valence electrons. The van der Waals surface area contributed by atoms with Gasteiger partial charge in [0.1, 0.15) is 17.5 Å². The first-order chi connectivity index (χ1) is 14.5. The molecule has 0 aliphatic carbocycles. The van der Waals surface area contributed by atoms with Gasteiger partial charge < -0.3 is 5.32 Å². The first kappa shape index (κ1) is 19.2. The maximum absolute atomic E-state index is 14.1. The first-order valence-electron chi connectivity index (χ1n) is 10.4. The molecule has 0 saturated carbocycles. The molecule has 4 heterocycles. The van der Waals surface area contributed by atoms with Crippen molar-refractivity contribution in [2.24, 2.45) is 0 Å². The molecule has 0 atom stereocenters. The number of imidazole rings is 1. The van der Waals surface area contributed by atoms with Crippen molar-refractivity contribution >= 4 is 5.82 Å². The van der Waals surface area contributed by atoms with Crippen LogP contribution >= 0.6 is 0 Å². The van der Waals surface area contributed by atoms with Crippen molar-refractivity contribution < 1.29 is 8.78 Å². The quantitative estimate of drug-likeness (QED) is 0.688. The average Bonchev–Trinajstić information content (AvgIpc) is 3.19. The summed E-state index contributed by atoms with van der Waals surface area (Å²) in [6, 6.07) is 7.84. The highest BCUT2D eigenvalue weighted by Gasteiger charge is 2.43. The van der Waals surface area contributed by atoms with Gasteiger partial charge in [0.25, 0.3) is 0 Å². The molecule has 0 amide bonds. The first-order valence-corrected chi connectivity index (χ1v) is 10.4. The Morgan fingerprint density at radius 2 is 1.93 bits per heavy atom. The number of hydrogen-bond donors (Lipinski definition) is 1. The minimum Gasteiger partial charge on any atom is -0.357 e. The van der Waals surface area contributed by atoms with Gasteiger partial charge in [0.05, 0.1) is 23.1 Å². The largest absolute Gasteiger partial charge is 0.357 e. The third kappa shape index (κ3) is 3.08. The molecule has 30 heavy (non-hydrogen) atoms.